The molecule has 1 rings (SSSR count). The number of hydrogen-bond donors (Lipinski definition) is 1. The van der Waals surface area contributed by atoms with Crippen LogP contribution >= 0.6 is 15.9 Å². The largest absolute Gasteiger partial charge is 0.320 e. The van der Waals surface area contributed by atoms with Crippen molar-refractivity contribution in [2.75, 3.05) is 5.32 Å². The molecule has 6 heteroatoms. The van der Waals surface area contributed by atoms with Gasteiger partial charge in [-0.15, -0.1) is 0 Å². The van der Waals surface area contributed by atoms with E-state index in [0.29, 0.717) is 22.9 Å². The van der Waals surface area contributed by atoms with E-state index in [-0.39, 0.29) is 17.3 Å². The van der Waals surface area contributed by atoms with Crippen LogP contribution in [-0.4, -0.2) is 10.8 Å². The number of halogens is 1. The van der Waals surface area contributed by atoms with Crippen LogP contribution in [-0.2, 0) is 4.79 Å². The lowest BCUT2D eigenvalue weighted by Gasteiger charge is -2.09. The molecule has 0 aliphatic rings. The molecule has 1 aromatic carbocycles. The molecule has 0 aromatic heterocycles. The first kappa shape index (κ1) is 13.6. The summed E-state index contributed by atoms with van der Waals surface area (Å²) >= 11 is 3.20. The Hall–Kier alpha value is -1.43. The fraction of sp³-hybridized carbons (Fsp3) is 0.364. The molecule has 0 fully saturated rings. The minimum absolute atomic E-state index is 0.0960. The number of aryl methyl sites for hydroxylation is 1. The summed E-state index contributed by atoms with van der Waals surface area (Å²) in [6, 6.07) is 3.11. The van der Waals surface area contributed by atoms with E-state index < -0.39 is 4.92 Å². The maximum absolute atomic E-state index is 11.5. The van der Waals surface area contributed by atoms with Crippen molar-refractivity contribution in [3.63, 3.8) is 0 Å². The summed E-state index contributed by atoms with van der Waals surface area (Å²) in [4.78, 5) is 21.9. The smallest absolute Gasteiger partial charge is 0.294 e. The SMILES string of the molecule is CCCC(=O)Nc1c(C)cc(Br)cc1[N+](=O)[O-]. The van der Waals surface area contributed by atoms with Gasteiger partial charge in [-0.2, -0.15) is 0 Å². The summed E-state index contributed by atoms with van der Waals surface area (Å²) in [5.74, 6) is -0.207. The number of carbonyl (C=O) groups excluding carboxylic acids is 1. The molecule has 0 aliphatic heterocycles. The van der Waals surface area contributed by atoms with Crippen molar-refractivity contribution in [2.24, 2.45) is 0 Å². The second-order valence-corrected chi connectivity index (χ2v) is 4.59. The van der Waals surface area contributed by atoms with Gasteiger partial charge in [0, 0.05) is 17.0 Å². The highest BCUT2D eigenvalue weighted by Gasteiger charge is 2.18. The third-order valence-corrected chi connectivity index (χ3v) is 2.68. The lowest BCUT2D eigenvalue weighted by Crippen LogP contribution is -2.13. The second-order valence-electron chi connectivity index (χ2n) is 3.67. The Kier molecular flexibility index (Phi) is 4.62. The van der Waals surface area contributed by atoms with Crippen LogP contribution in [0.5, 0.6) is 0 Å². The van der Waals surface area contributed by atoms with E-state index in [2.05, 4.69) is 21.2 Å². The van der Waals surface area contributed by atoms with E-state index in [9.17, 15) is 14.9 Å². The van der Waals surface area contributed by atoms with Crippen LogP contribution in [0, 0.1) is 17.0 Å². The van der Waals surface area contributed by atoms with E-state index in [0.717, 1.165) is 0 Å². The van der Waals surface area contributed by atoms with E-state index in [1.54, 1.807) is 13.0 Å². The molecule has 0 saturated carbocycles. The number of amides is 1. The molecule has 92 valence electrons. The Morgan fingerprint density at radius 1 is 1.53 bits per heavy atom. The molecule has 0 unspecified atom stereocenters. The molecule has 0 heterocycles. The molecule has 0 atom stereocenters. The average molecular weight is 301 g/mol. The number of nitro groups is 1. The van der Waals surface area contributed by atoms with Crippen LogP contribution in [0.4, 0.5) is 11.4 Å². The molecule has 0 radical (unpaired) electrons. The van der Waals surface area contributed by atoms with Crippen LogP contribution in [0.2, 0.25) is 0 Å². The maximum Gasteiger partial charge on any atom is 0.294 e. The molecule has 5 nitrogen and oxygen atoms in total. The van der Waals surface area contributed by atoms with Crippen molar-refractivity contribution < 1.29 is 9.72 Å². The summed E-state index contributed by atoms with van der Waals surface area (Å²) in [6.45, 7) is 3.60. The minimum Gasteiger partial charge on any atom is -0.320 e. The number of anilines is 1. The van der Waals surface area contributed by atoms with Crippen LogP contribution in [0.15, 0.2) is 16.6 Å². The van der Waals surface area contributed by atoms with Crippen LogP contribution in [0.1, 0.15) is 25.3 Å². The van der Waals surface area contributed by atoms with E-state index in [1.807, 2.05) is 6.92 Å². The highest BCUT2D eigenvalue weighted by atomic mass is 79.9. The van der Waals surface area contributed by atoms with Crippen LogP contribution in [0.3, 0.4) is 0 Å². The Morgan fingerprint density at radius 2 is 2.18 bits per heavy atom. The Morgan fingerprint density at radius 3 is 2.71 bits per heavy atom. The number of nitrogens with zero attached hydrogens (tertiary/aromatic N) is 1. The first-order valence-electron chi connectivity index (χ1n) is 5.20. The quantitative estimate of drug-likeness (QED) is 0.684. The Labute approximate surface area is 107 Å². The molecule has 1 aromatic rings. The summed E-state index contributed by atoms with van der Waals surface area (Å²) in [6.07, 6.45) is 1.06. The van der Waals surface area contributed by atoms with Crippen molar-refractivity contribution in [3.8, 4) is 0 Å². The van der Waals surface area contributed by atoms with E-state index in [1.165, 1.54) is 6.07 Å². The molecular formula is C11H13BrN2O3. The zero-order valence-electron chi connectivity index (χ0n) is 9.62. The molecule has 0 bridgehead atoms. The third-order valence-electron chi connectivity index (χ3n) is 2.22. The van der Waals surface area contributed by atoms with Gasteiger partial charge in [-0.1, -0.05) is 22.9 Å². The number of hydrogen-bond acceptors (Lipinski definition) is 3. The molecule has 17 heavy (non-hydrogen) atoms. The van der Waals surface area contributed by atoms with Gasteiger partial charge in [-0.05, 0) is 25.0 Å². The number of rotatable bonds is 4. The van der Waals surface area contributed by atoms with Crippen LogP contribution in [0.25, 0.3) is 0 Å². The molecule has 1 N–H and O–H groups in total. The van der Waals surface area contributed by atoms with Gasteiger partial charge < -0.3 is 5.32 Å². The summed E-state index contributed by atoms with van der Waals surface area (Å²) in [5.41, 5.74) is 0.841. The number of nitro benzene ring substituents is 1. The summed E-state index contributed by atoms with van der Waals surface area (Å²) < 4.78 is 0.621. The predicted octanol–water partition coefficient (Wildman–Crippen LogP) is 3.40. The van der Waals surface area contributed by atoms with E-state index >= 15 is 0 Å². The molecule has 0 aliphatic carbocycles. The standard InChI is InChI=1S/C11H13BrN2O3/c1-3-4-10(15)13-11-7(2)5-8(12)6-9(11)14(16)17/h5-6H,3-4H2,1-2H3,(H,13,15). The first-order valence-corrected chi connectivity index (χ1v) is 5.99. The topological polar surface area (TPSA) is 72.2 Å². The number of carbonyl (C=O) groups is 1. The van der Waals surface area contributed by atoms with E-state index in [4.69, 9.17) is 0 Å². The number of benzene rings is 1. The fourth-order valence-electron chi connectivity index (χ4n) is 1.46. The lowest BCUT2D eigenvalue weighted by molar-refractivity contribution is -0.384. The summed E-state index contributed by atoms with van der Waals surface area (Å²) in [7, 11) is 0. The molecule has 1 amide bonds. The molecular weight excluding hydrogens is 288 g/mol. The first-order chi connectivity index (χ1) is 7.95. The molecule has 0 saturated heterocycles. The normalized spacial score (nSPS) is 10.1. The Balaban J connectivity index is 3.12. The van der Waals surface area contributed by atoms with Gasteiger partial charge in [0.15, 0.2) is 0 Å². The number of nitrogens with one attached hydrogen (secondary N) is 1. The van der Waals surface area contributed by atoms with Crippen molar-refractivity contribution in [2.45, 2.75) is 26.7 Å². The van der Waals surface area contributed by atoms with Gasteiger partial charge in [0.2, 0.25) is 5.91 Å². The average Bonchev–Trinajstić information content (AvgIpc) is 2.21. The predicted molar refractivity (Wildman–Crippen MR) is 69.1 cm³/mol. The third kappa shape index (κ3) is 3.52. The van der Waals surface area contributed by atoms with Gasteiger partial charge in [0.1, 0.15) is 5.69 Å². The summed E-state index contributed by atoms with van der Waals surface area (Å²) in [5, 5.41) is 13.5. The lowest BCUT2D eigenvalue weighted by atomic mass is 10.1. The maximum atomic E-state index is 11.5. The van der Waals surface area contributed by atoms with Gasteiger partial charge in [0.25, 0.3) is 5.69 Å². The minimum atomic E-state index is -0.501. The van der Waals surface area contributed by atoms with Gasteiger partial charge in [-0.3, -0.25) is 14.9 Å². The zero-order valence-corrected chi connectivity index (χ0v) is 11.2. The Bertz CT molecular complexity index is 460. The van der Waals surface area contributed by atoms with Gasteiger partial charge >= 0.3 is 0 Å². The zero-order chi connectivity index (χ0) is 13.0. The molecule has 0 spiro atoms. The van der Waals surface area contributed by atoms with Gasteiger partial charge in [0.05, 0.1) is 4.92 Å². The fourth-order valence-corrected chi connectivity index (χ4v) is 2.02. The highest BCUT2D eigenvalue weighted by Crippen LogP contribution is 2.32. The van der Waals surface area contributed by atoms with Crippen LogP contribution < -0.4 is 5.32 Å². The second kappa shape index (κ2) is 5.77. The van der Waals surface area contributed by atoms with Crippen molar-refractivity contribution >= 4 is 33.2 Å². The van der Waals surface area contributed by atoms with Crippen molar-refractivity contribution in [1.29, 1.82) is 0 Å². The van der Waals surface area contributed by atoms with Crippen molar-refractivity contribution in [3.05, 3.63) is 32.3 Å². The van der Waals surface area contributed by atoms with Gasteiger partial charge in [-0.25, -0.2) is 0 Å². The monoisotopic (exact) mass is 300 g/mol. The van der Waals surface area contributed by atoms with Crippen molar-refractivity contribution in [1.82, 2.24) is 0 Å². The highest BCUT2D eigenvalue weighted by molar-refractivity contribution is 9.10.